The van der Waals surface area contributed by atoms with E-state index >= 15 is 0 Å². The van der Waals surface area contributed by atoms with Gasteiger partial charge in [0.1, 0.15) is 0 Å². The van der Waals surface area contributed by atoms with E-state index in [0.717, 1.165) is 26.1 Å². The van der Waals surface area contributed by atoms with Crippen LogP contribution in [-0.2, 0) is 0 Å². The van der Waals surface area contributed by atoms with Crippen LogP contribution in [0.2, 0.25) is 0 Å². The Balaban J connectivity index is 2.55. The van der Waals surface area contributed by atoms with Gasteiger partial charge in [-0.1, -0.05) is 26.2 Å². The Hall–Kier alpha value is -0.120. The molecule has 0 aromatic carbocycles. The third kappa shape index (κ3) is 4.04. The predicted octanol–water partition coefficient (Wildman–Crippen LogP) is 1.60. The maximum absolute atomic E-state index is 8.94. The zero-order valence-electron chi connectivity index (χ0n) is 10.7. The summed E-state index contributed by atoms with van der Waals surface area (Å²) in [5.41, 5.74) is 5.91. The van der Waals surface area contributed by atoms with Crippen LogP contribution in [0.1, 0.15) is 45.4 Å². The molecule has 0 aromatic rings. The van der Waals surface area contributed by atoms with Gasteiger partial charge in [0.2, 0.25) is 0 Å². The zero-order valence-corrected chi connectivity index (χ0v) is 10.7. The fraction of sp³-hybridized carbons (Fsp3) is 1.00. The van der Waals surface area contributed by atoms with E-state index in [9.17, 15) is 0 Å². The Bertz CT molecular complexity index is 175. The summed E-state index contributed by atoms with van der Waals surface area (Å²) in [6.07, 6.45) is 7.52. The van der Waals surface area contributed by atoms with Crippen LogP contribution in [0.5, 0.6) is 0 Å². The Morgan fingerprint density at radius 1 is 1.25 bits per heavy atom. The molecule has 3 nitrogen and oxygen atoms in total. The quantitative estimate of drug-likeness (QED) is 0.679. The third-order valence-corrected chi connectivity index (χ3v) is 3.90. The van der Waals surface area contributed by atoms with E-state index in [1.54, 1.807) is 0 Å². The molecule has 1 fully saturated rings. The van der Waals surface area contributed by atoms with Crippen LogP contribution < -0.4 is 5.73 Å². The minimum atomic E-state index is 0.302. The van der Waals surface area contributed by atoms with E-state index < -0.39 is 0 Å². The molecule has 0 radical (unpaired) electrons. The van der Waals surface area contributed by atoms with Crippen LogP contribution >= 0.6 is 0 Å². The van der Waals surface area contributed by atoms with E-state index in [-0.39, 0.29) is 0 Å². The van der Waals surface area contributed by atoms with Crippen LogP contribution in [0.25, 0.3) is 0 Å². The van der Waals surface area contributed by atoms with E-state index in [0.29, 0.717) is 18.6 Å². The van der Waals surface area contributed by atoms with Gasteiger partial charge in [0.15, 0.2) is 0 Å². The van der Waals surface area contributed by atoms with Crippen molar-refractivity contribution in [3.8, 4) is 0 Å². The molecule has 3 N–H and O–H groups in total. The van der Waals surface area contributed by atoms with Crippen LogP contribution in [0.3, 0.4) is 0 Å². The monoisotopic (exact) mass is 228 g/mol. The molecule has 0 aromatic heterocycles. The number of hydrogen-bond donors (Lipinski definition) is 2. The van der Waals surface area contributed by atoms with Crippen LogP contribution in [0.4, 0.5) is 0 Å². The Labute approximate surface area is 100 Å². The summed E-state index contributed by atoms with van der Waals surface area (Å²) in [6, 6.07) is 0.657. The van der Waals surface area contributed by atoms with Gasteiger partial charge < -0.3 is 15.7 Å². The van der Waals surface area contributed by atoms with Gasteiger partial charge in [-0.3, -0.25) is 0 Å². The molecule has 0 saturated heterocycles. The van der Waals surface area contributed by atoms with Crippen molar-refractivity contribution in [1.82, 2.24) is 4.90 Å². The normalized spacial score (nSPS) is 27.0. The first kappa shape index (κ1) is 13.9. The van der Waals surface area contributed by atoms with Gasteiger partial charge in [-0.2, -0.15) is 0 Å². The van der Waals surface area contributed by atoms with Crippen molar-refractivity contribution < 1.29 is 5.11 Å². The van der Waals surface area contributed by atoms with Gasteiger partial charge in [0.25, 0.3) is 0 Å². The van der Waals surface area contributed by atoms with Crippen molar-refractivity contribution in [3.63, 3.8) is 0 Å². The molecule has 1 saturated carbocycles. The lowest BCUT2D eigenvalue weighted by Crippen LogP contribution is -2.43. The van der Waals surface area contributed by atoms with Crippen LogP contribution in [0, 0.1) is 5.92 Å². The molecule has 0 aliphatic heterocycles. The Kier molecular flexibility index (Phi) is 7.01. The van der Waals surface area contributed by atoms with Crippen LogP contribution in [0.15, 0.2) is 0 Å². The molecule has 0 amide bonds. The zero-order chi connectivity index (χ0) is 11.8. The minimum Gasteiger partial charge on any atom is -0.396 e. The lowest BCUT2D eigenvalue weighted by atomic mass is 9.93. The number of rotatable bonds is 6. The molecule has 0 spiro atoms. The maximum Gasteiger partial charge on any atom is 0.0443 e. The number of nitrogens with two attached hydrogens (primary N) is 1. The smallest absolute Gasteiger partial charge is 0.0443 e. The maximum atomic E-state index is 8.94. The van der Waals surface area contributed by atoms with Crippen molar-refractivity contribution in [2.45, 2.75) is 51.5 Å². The van der Waals surface area contributed by atoms with Crippen molar-refractivity contribution in [2.75, 3.05) is 26.2 Å². The summed E-state index contributed by atoms with van der Waals surface area (Å²) in [5, 5.41) is 8.94. The highest BCUT2D eigenvalue weighted by molar-refractivity contribution is 4.82. The molecule has 3 heteroatoms. The second-order valence-electron chi connectivity index (χ2n) is 4.91. The highest BCUT2D eigenvalue weighted by Gasteiger charge is 2.26. The number of aliphatic hydroxyl groups excluding tert-OH is 1. The molecule has 0 bridgehead atoms. The van der Waals surface area contributed by atoms with Crippen molar-refractivity contribution >= 4 is 0 Å². The molecule has 1 aliphatic carbocycles. The summed E-state index contributed by atoms with van der Waals surface area (Å²) in [5.74, 6) is 0.668. The first-order valence-corrected chi connectivity index (χ1v) is 6.88. The van der Waals surface area contributed by atoms with E-state index in [1.807, 2.05) is 0 Å². The van der Waals surface area contributed by atoms with E-state index in [1.165, 1.54) is 32.1 Å². The predicted molar refractivity (Wildman–Crippen MR) is 68.4 cm³/mol. The third-order valence-electron chi connectivity index (χ3n) is 3.90. The minimum absolute atomic E-state index is 0.302. The molecule has 96 valence electrons. The lowest BCUT2D eigenvalue weighted by Gasteiger charge is -2.35. The summed E-state index contributed by atoms with van der Waals surface area (Å²) in [4.78, 5) is 2.53. The first-order valence-electron chi connectivity index (χ1n) is 6.88. The molecule has 16 heavy (non-hydrogen) atoms. The second-order valence-corrected chi connectivity index (χ2v) is 4.91. The largest absolute Gasteiger partial charge is 0.396 e. The number of aliphatic hydroxyl groups is 1. The average Bonchev–Trinajstić information content (AvgIpc) is 2.55. The standard InChI is InChI=1S/C13H28N2O/c1-2-15(9-6-10-16)13-8-5-3-4-7-12(13)11-14/h12-13,16H,2-11,14H2,1H3. The van der Waals surface area contributed by atoms with E-state index in [2.05, 4.69) is 11.8 Å². The van der Waals surface area contributed by atoms with E-state index in [4.69, 9.17) is 10.8 Å². The molecule has 0 heterocycles. The van der Waals surface area contributed by atoms with Gasteiger partial charge in [-0.25, -0.2) is 0 Å². The number of nitrogens with zero attached hydrogens (tertiary/aromatic N) is 1. The van der Waals surface area contributed by atoms with Crippen molar-refractivity contribution in [2.24, 2.45) is 11.7 Å². The molecule has 1 aliphatic rings. The number of hydrogen-bond acceptors (Lipinski definition) is 3. The Morgan fingerprint density at radius 2 is 2.00 bits per heavy atom. The molecular formula is C13H28N2O. The van der Waals surface area contributed by atoms with Gasteiger partial charge in [0.05, 0.1) is 0 Å². The van der Waals surface area contributed by atoms with Gasteiger partial charge in [-0.05, 0) is 38.3 Å². The van der Waals surface area contributed by atoms with Gasteiger partial charge >= 0.3 is 0 Å². The fourth-order valence-corrected chi connectivity index (χ4v) is 2.95. The highest BCUT2D eigenvalue weighted by atomic mass is 16.3. The lowest BCUT2D eigenvalue weighted by molar-refractivity contribution is 0.130. The SMILES string of the molecule is CCN(CCCO)C1CCCCCC1CN. The first-order chi connectivity index (χ1) is 7.83. The topological polar surface area (TPSA) is 49.5 Å². The van der Waals surface area contributed by atoms with Crippen molar-refractivity contribution in [1.29, 1.82) is 0 Å². The van der Waals surface area contributed by atoms with Gasteiger partial charge in [-0.15, -0.1) is 0 Å². The fourth-order valence-electron chi connectivity index (χ4n) is 2.95. The molecule has 1 rings (SSSR count). The summed E-state index contributed by atoms with van der Waals surface area (Å²) in [6.45, 7) is 5.45. The summed E-state index contributed by atoms with van der Waals surface area (Å²) < 4.78 is 0. The highest BCUT2D eigenvalue weighted by Crippen LogP contribution is 2.26. The molecule has 2 unspecified atom stereocenters. The Morgan fingerprint density at radius 3 is 2.62 bits per heavy atom. The molecular weight excluding hydrogens is 200 g/mol. The average molecular weight is 228 g/mol. The van der Waals surface area contributed by atoms with Gasteiger partial charge in [0, 0.05) is 19.2 Å². The second kappa shape index (κ2) is 8.04. The van der Waals surface area contributed by atoms with Crippen LogP contribution in [-0.4, -0.2) is 42.3 Å². The van der Waals surface area contributed by atoms with Crippen molar-refractivity contribution in [3.05, 3.63) is 0 Å². The summed E-state index contributed by atoms with van der Waals surface area (Å²) >= 11 is 0. The summed E-state index contributed by atoms with van der Waals surface area (Å²) in [7, 11) is 0. The molecule has 2 atom stereocenters.